The maximum absolute atomic E-state index is 13.2. The number of benzene rings is 2. The minimum absolute atomic E-state index is 0.0741. The number of anilines is 1. The number of ether oxygens (including phenoxy) is 1. The first-order chi connectivity index (χ1) is 14.6. The highest BCUT2D eigenvalue weighted by molar-refractivity contribution is 7.22. The van der Waals surface area contributed by atoms with Crippen LogP contribution in [-0.2, 0) is 9.53 Å². The Balaban J connectivity index is 1.60. The molecule has 1 saturated heterocycles. The Morgan fingerprint density at radius 1 is 1.27 bits per heavy atom. The van der Waals surface area contributed by atoms with E-state index < -0.39 is 0 Å². The largest absolute Gasteiger partial charge is 0.379 e. The monoisotopic (exact) mass is 441 g/mol. The third-order valence-corrected chi connectivity index (χ3v) is 6.34. The molecule has 156 valence electrons. The van der Waals surface area contributed by atoms with Gasteiger partial charge in [0, 0.05) is 37.3 Å². The van der Waals surface area contributed by atoms with Gasteiger partial charge in [-0.2, -0.15) is 0 Å². The molecule has 4 rings (SSSR count). The maximum Gasteiger partial charge on any atom is 0.252 e. The predicted octanol–water partition coefficient (Wildman–Crippen LogP) is 4.64. The summed E-state index contributed by atoms with van der Waals surface area (Å²) in [5.74, 6) is -0.0741. The van der Waals surface area contributed by atoms with E-state index in [1.165, 1.54) is 11.3 Å². The average molecular weight is 442 g/mol. The van der Waals surface area contributed by atoms with Crippen LogP contribution in [0.15, 0.2) is 48.5 Å². The summed E-state index contributed by atoms with van der Waals surface area (Å²) in [6.07, 6.45) is 3.47. The van der Waals surface area contributed by atoms with Gasteiger partial charge in [0.25, 0.3) is 5.91 Å². The quantitative estimate of drug-likeness (QED) is 0.523. The maximum atomic E-state index is 13.2. The van der Waals surface area contributed by atoms with Crippen molar-refractivity contribution in [1.82, 2.24) is 9.88 Å². The molecule has 5 nitrogen and oxygen atoms in total. The molecule has 0 unspecified atom stereocenters. The second-order valence-electron chi connectivity index (χ2n) is 7.25. The summed E-state index contributed by atoms with van der Waals surface area (Å²) in [6.45, 7) is 6.59. The fourth-order valence-electron chi connectivity index (χ4n) is 3.45. The number of hydrogen-bond acceptors (Lipinski definition) is 5. The molecule has 0 aliphatic carbocycles. The number of carbonyl (C=O) groups is 1. The second kappa shape index (κ2) is 9.71. The molecule has 0 atom stereocenters. The zero-order valence-electron chi connectivity index (χ0n) is 16.9. The molecule has 0 bridgehead atoms. The minimum atomic E-state index is -0.0741. The van der Waals surface area contributed by atoms with Crippen LogP contribution in [0.2, 0.25) is 5.02 Å². The van der Waals surface area contributed by atoms with Crippen LogP contribution >= 0.6 is 22.9 Å². The fraction of sp³-hybridized carbons (Fsp3) is 0.304. The molecule has 7 heteroatoms. The molecule has 1 aromatic heterocycles. The highest BCUT2D eigenvalue weighted by Crippen LogP contribution is 2.33. The minimum Gasteiger partial charge on any atom is -0.379 e. The van der Waals surface area contributed by atoms with E-state index in [4.69, 9.17) is 21.3 Å². The molecule has 3 aromatic rings. The van der Waals surface area contributed by atoms with Crippen molar-refractivity contribution in [2.24, 2.45) is 0 Å². The van der Waals surface area contributed by atoms with Gasteiger partial charge >= 0.3 is 0 Å². The summed E-state index contributed by atoms with van der Waals surface area (Å²) < 4.78 is 6.43. The van der Waals surface area contributed by atoms with Crippen LogP contribution in [0.5, 0.6) is 0 Å². The molecule has 2 aromatic carbocycles. The number of rotatable bonds is 6. The molecule has 1 amide bonds. The van der Waals surface area contributed by atoms with Gasteiger partial charge in [0.15, 0.2) is 5.13 Å². The predicted molar refractivity (Wildman–Crippen MR) is 124 cm³/mol. The van der Waals surface area contributed by atoms with Crippen molar-refractivity contribution in [3.05, 3.63) is 64.7 Å². The van der Waals surface area contributed by atoms with Crippen LogP contribution < -0.4 is 4.90 Å². The van der Waals surface area contributed by atoms with E-state index in [0.29, 0.717) is 16.7 Å². The number of fused-ring (bicyclic) bond motifs is 1. The number of thiazole rings is 1. The van der Waals surface area contributed by atoms with Crippen LogP contribution in [0, 0.1) is 6.92 Å². The number of aryl methyl sites for hydroxylation is 1. The first kappa shape index (κ1) is 21.0. The Kier molecular flexibility index (Phi) is 6.79. The zero-order chi connectivity index (χ0) is 20.9. The van der Waals surface area contributed by atoms with Crippen LogP contribution in [-0.4, -0.2) is 55.2 Å². The van der Waals surface area contributed by atoms with Gasteiger partial charge in [0.05, 0.1) is 23.4 Å². The summed E-state index contributed by atoms with van der Waals surface area (Å²) in [5.41, 5.74) is 2.90. The number of aromatic nitrogens is 1. The molecule has 0 spiro atoms. The molecule has 2 heterocycles. The molecule has 0 saturated carbocycles. The lowest BCUT2D eigenvalue weighted by atomic mass is 10.2. The van der Waals surface area contributed by atoms with Crippen molar-refractivity contribution in [3.63, 3.8) is 0 Å². The Hall–Kier alpha value is -2.25. The van der Waals surface area contributed by atoms with E-state index in [1.54, 1.807) is 11.0 Å². The van der Waals surface area contributed by atoms with E-state index in [9.17, 15) is 4.79 Å². The van der Waals surface area contributed by atoms with Crippen molar-refractivity contribution < 1.29 is 9.53 Å². The number of amides is 1. The van der Waals surface area contributed by atoms with E-state index in [0.717, 1.165) is 54.2 Å². The molecule has 30 heavy (non-hydrogen) atoms. The molecule has 1 aliphatic heterocycles. The van der Waals surface area contributed by atoms with Crippen LogP contribution in [0.4, 0.5) is 5.13 Å². The van der Waals surface area contributed by atoms with E-state index in [1.807, 2.05) is 55.5 Å². The fourth-order valence-corrected chi connectivity index (χ4v) is 4.90. The van der Waals surface area contributed by atoms with Crippen LogP contribution in [0.1, 0.15) is 11.1 Å². The van der Waals surface area contributed by atoms with Gasteiger partial charge in [-0.1, -0.05) is 53.3 Å². The highest BCUT2D eigenvalue weighted by Gasteiger charge is 2.20. The molecule has 1 fully saturated rings. The topological polar surface area (TPSA) is 45.7 Å². The normalized spacial score (nSPS) is 15.1. The van der Waals surface area contributed by atoms with Crippen molar-refractivity contribution in [3.8, 4) is 0 Å². The summed E-state index contributed by atoms with van der Waals surface area (Å²) >= 11 is 7.73. The molecule has 1 aliphatic rings. The SMILES string of the molecule is Cc1cc(Cl)cc2sc(N(CCN3CCOCC3)C(=O)/C=C/c3ccccc3)nc12. The highest BCUT2D eigenvalue weighted by atomic mass is 35.5. The molecular weight excluding hydrogens is 418 g/mol. The lowest BCUT2D eigenvalue weighted by Gasteiger charge is -2.28. The number of halogens is 1. The van der Waals surface area contributed by atoms with Gasteiger partial charge in [-0.3, -0.25) is 14.6 Å². The van der Waals surface area contributed by atoms with Gasteiger partial charge in [-0.15, -0.1) is 0 Å². The number of nitrogens with zero attached hydrogens (tertiary/aromatic N) is 3. The third-order valence-electron chi connectivity index (χ3n) is 5.10. The van der Waals surface area contributed by atoms with Gasteiger partial charge in [0.1, 0.15) is 0 Å². The number of carbonyl (C=O) groups excluding carboxylic acids is 1. The van der Waals surface area contributed by atoms with Crippen LogP contribution in [0.3, 0.4) is 0 Å². The van der Waals surface area contributed by atoms with Crippen molar-refractivity contribution in [1.29, 1.82) is 0 Å². The standard InChI is InChI=1S/C23H24ClN3O2S/c1-17-15-19(24)16-20-22(17)25-23(30-20)27(10-9-26-11-13-29-14-12-26)21(28)8-7-18-5-3-2-4-6-18/h2-8,15-16H,9-14H2,1H3/b8-7+. The van der Waals surface area contributed by atoms with Gasteiger partial charge < -0.3 is 4.74 Å². The summed E-state index contributed by atoms with van der Waals surface area (Å²) in [6, 6.07) is 13.6. The smallest absolute Gasteiger partial charge is 0.252 e. The number of morpholine rings is 1. The lowest BCUT2D eigenvalue weighted by molar-refractivity contribution is -0.114. The first-order valence-electron chi connectivity index (χ1n) is 10.0. The van der Waals surface area contributed by atoms with Gasteiger partial charge in [0.2, 0.25) is 0 Å². The summed E-state index contributed by atoms with van der Waals surface area (Å²) in [4.78, 5) is 22.0. The van der Waals surface area contributed by atoms with E-state index in [2.05, 4.69) is 4.90 Å². The van der Waals surface area contributed by atoms with E-state index >= 15 is 0 Å². The third kappa shape index (κ3) is 5.08. The van der Waals surface area contributed by atoms with Crippen molar-refractivity contribution >= 4 is 50.3 Å². The van der Waals surface area contributed by atoms with Crippen molar-refractivity contribution in [2.45, 2.75) is 6.92 Å². The Labute approximate surface area is 185 Å². The summed E-state index contributed by atoms with van der Waals surface area (Å²) in [7, 11) is 0. The average Bonchev–Trinajstić information content (AvgIpc) is 3.18. The molecular formula is C23H24ClN3O2S. The Morgan fingerprint density at radius 3 is 2.80 bits per heavy atom. The second-order valence-corrected chi connectivity index (χ2v) is 8.70. The molecule has 0 radical (unpaired) electrons. The Morgan fingerprint density at radius 2 is 2.03 bits per heavy atom. The lowest BCUT2D eigenvalue weighted by Crippen LogP contribution is -2.42. The van der Waals surface area contributed by atoms with E-state index in [-0.39, 0.29) is 5.91 Å². The molecule has 0 N–H and O–H groups in total. The van der Waals surface area contributed by atoms with Crippen molar-refractivity contribution in [2.75, 3.05) is 44.3 Å². The van der Waals surface area contributed by atoms with Crippen LogP contribution in [0.25, 0.3) is 16.3 Å². The zero-order valence-corrected chi connectivity index (χ0v) is 18.5. The number of hydrogen-bond donors (Lipinski definition) is 0. The van der Waals surface area contributed by atoms with Gasteiger partial charge in [-0.25, -0.2) is 4.98 Å². The Bertz CT molecular complexity index is 1050. The summed E-state index contributed by atoms with van der Waals surface area (Å²) in [5, 5.41) is 1.39. The van der Waals surface area contributed by atoms with Gasteiger partial charge in [-0.05, 0) is 36.3 Å². The first-order valence-corrected chi connectivity index (χ1v) is 11.2.